The molecule has 0 atom stereocenters. The van der Waals surface area contributed by atoms with E-state index in [2.05, 4.69) is 13.8 Å². The molecule has 38 heavy (non-hydrogen) atoms. The van der Waals surface area contributed by atoms with E-state index in [-0.39, 0.29) is 0 Å². The van der Waals surface area contributed by atoms with Crippen LogP contribution in [-0.2, 0) is 33.3 Å². The third kappa shape index (κ3) is 8.36. The molecule has 9 nitrogen and oxygen atoms in total. The van der Waals surface area contributed by atoms with Crippen molar-refractivity contribution in [2.24, 2.45) is 5.92 Å². The smallest absolute Gasteiger partial charge is 0.425 e. The summed E-state index contributed by atoms with van der Waals surface area (Å²) in [5.41, 5.74) is 0. The van der Waals surface area contributed by atoms with E-state index in [9.17, 15) is 60.7 Å². The number of hydrogen-bond acceptors (Lipinski definition) is 7. The van der Waals surface area contributed by atoms with Crippen LogP contribution in [0.4, 0.5) is 43.9 Å². The molecule has 0 unspecified atom stereocenters. The summed E-state index contributed by atoms with van der Waals surface area (Å²) in [7, 11) is -12.6. The molecule has 1 heterocycles. The van der Waals surface area contributed by atoms with Crippen LogP contribution in [0.1, 0.15) is 26.7 Å². The maximum absolute atomic E-state index is 12.3. The van der Waals surface area contributed by atoms with E-state index in [1.807, 2.05) is 0 Å². The van der Waals surface area contributed by atoms with Crippen molar-refractivity contribution in [2.45, 2.75) is 49.6 Å². The summed E-state index contributed by atoms with van der Waals surface area (Å²) in [6.07, 6.45) is -10.5. The van der Waals surface area contributed by atoms with Gasteiger partial charge in [0.1, 0.15) is 6.17 Å². The molecule has 1 saturated heterocycles. The van der Waals surface area contributed by atoms with Gasteiger partial charge in [-0.1, -0.05) is 13.8 Å². The van der Waals surface area contributed by atoms with Crippen molar-refractivity contribution in [3.8, 4) is 0 Å². The molecule has 0 spiro atoms. The summed E-state index contributed by atoms with van der Waals surface area (Å²) < 4.78 is 179. The molecule has 0 saturated carbocycles. The van der Waals surface area contributed by atoms with Crippen LogP contribution in [0.25, 0.3) is 4.13 Å². The molecular formula is C16H28F10N2O7S2Si. The first-order valence-corrected chi connectivity index (χ1v) is 15.2. The van der Waals surface area contributed by atoms with Crippen molar-refractivity contribution in [1.82, 2.24) is 0 Å². The molecule has 0 aromatic rings. The lowest BCUT2D eigenvalue weighted by atomic mass is 10.2. The zero-order chi connectivity index (χ0) is 30.6. The van der Waals surface area contributed by atoms with Crippen LogP contribution in [0.15, 0.2) is 0 Å². The summed E-state index contributed by atoms with van der Waals surface area (Å²) >= 11 is 0. The molecule has 1 aliphatic heterocycles. The van der Waals surface area contributed by atoms with Gasteiger partial charge in [0, 0.05) is 40.1 Å². The van der Waals surface area contributed by atoms with Gasteiger partial charge < -0.3 is 21.9 Å². The van der Waals surface area contributed by atoms with Gasteiger partial charge in [-0.05, 0) is 0 Å². The summed E-state index contributed by atoms with van der Waals surface area (Å²) in [4.78, 5) is 0. The van der Waals surface area contributed by atoms with Crippen molar-refractivity contribution in [1.29, 1.82) is 0 Å². The largest absolute Gasteiger partial charge is 0.558 e. The zero-order valence-corrected chi connectivity index (χ0v) is 23.3. The predicted molar refractivity (Wildman–Crippen MR) is 114 cm³/mol. The molecule has 22 heteroatoms. The molecule has 0 aliphatic carbocycles. The van der Waals surface area contributed by atoms with Gasteiger partial charge in [-0.15, -0.1) is 0 Å². The van der Waals surface area contributed by atoms with Gasteiger partial charge in [0.05, 0.1) is 19.6 Å². The van der Waals surface area contributed by atoms with Crippen molar-refractivity contribution in [2.75, 3.05) is 47.1 Å². The number of hydrogen-bond donors (Lipinski definition) is 0. The lowest BCUT2D eigenvalue weighted by Gasteiger charge is -2.40. The number of rotatable bonds is 11. The normalized spacial score (nSPS) is 17.9. The first-order valence-electron chi connectivity index (χ1n) is 10.3. The van der Waals surface area contributed by atoms with Crippen LogP contribution in [0, 0.1) is 5.92 Å². The van der Waals surface area contributed by atoms with Gasteiger partial charge in [-0.2, -0.15) is 43.9 Å². The average Bonchev–Trinajstić information content (AvgIpc) is 3.17. The second-order valence-corrected chi connectivity index (χ2v) is 15.0. The van der Waals surface area contributed by atoms with Gasteiger partial charge in [0.25, 0.3) is 0 Å². The van der Waals surface area contributed by atoms with Crippen LogP contribution in [0.3, 0.4) is 0 Å². The molecule has 0 aromatic heterocycles. The topological polar surface area (TPSA) is 110 Å². The third-order valence-corrected chi connectivity index (χ3v) is 11.5. The summed E-state index contributed by atoms with van der Waals surface area (Å²) in [5.74, 6) is 0.699. The Morgan fingerprint density at radius 3 is 1.29 bits per heavy atom. The zero-order valence-electron chi connectivity index (χ0n) is 20.7. The summed E-state index contributed by atoms with van der Waals surface area (Å²) in [6.45, 7) is 8.25. The van der Waals surface area contributed by atoms with Crippen LogP contribution < -0.4 is 0 Å². The maximum atomic E-state index is 12.3. The van der Waals surface area contributed by atoms with Crippen LogP contribution in [-0.4, -0.2) is 100 Å². The van der Waals surface area contributed by atoms with Gasteiger partial charge in [-0.3, -0.25) is 0 Å². The number of sulfonamides is 2. The summed E-state index contributed by atoms with van der Waals surface area (Å²) in [5, 5.41) is -14.0. The van der Waals surface area contributed by atoms with Gasteiger partial charge >= 0.3 is 31.7 Å². The Morgan fingerprint density at radius 1 is 0.737 bits per heavy atom. The van der Waals surface area contributed by atoms with Crippen LogP contribution in [0.5, 0.6) is 0 Å². The molecule has 0 N–H and O–H groups in total. The first kappa shape index (κ1) is 37.2. The molecule has 0 aromatic carbocycles. The van der Waals surface area contributed by atoms with E-state index in [1.165, 1.54) is 32.5 Å². The summed E-state index contributed by atoms with van der Waals surface area (Å²) in [6, 6.07) is 0. The highest BCUT2D eigenvalue weighted by Crippen LogP contribution is 2.47. The number of nitrogens with zero attached hydrogens (tertiary/aromatic N) is 2. The van der Waals surface area contributed by atoms with E-state index < -0.39 is 51.7 Å². The molecule has 0 bridgehead atoms. The van der Waals surface area contributed by atoms with Gasteiger partial charge in [0.2, 0.25) is 0 Å². The predicted octanol–water partition coefficient (Wildman–Crippen LogP) is 4.00. The fraction of sp³-hybridized carbons (Fsp3) is 1.00. The highest BCUT2D eigenvalue weighted by atomic mass is 32.3. The fourth-order valence-electron chi connectivity index (χ4n) is 3.56. The Balaban J connectivity index is 0.000000735. The second-order valence-electron chi connectivity index (χ2n) is 8.58. The molecule has 230 valence electrons. The Kier molecular flexibility index (Phi) is 12.1. The molecule has 1 aliphatic rings. The van der Waals surface area contributed by atoms with Crippen molar-refractivity contribution in [3.05, 3.63) is 4.13 Å². The van der Waals surface area contributed by atoms with Crippen molar-refractivity contribution < 1.29 is 78.5 Å². The minimum absolute atomic E-state index is 0.422. The Morgan fingerprint density at radius 2 is 1.05 bits per heavy atom. The molecule has 0 amide bonds. The Labute approximate surface area is 214 Å². The highest BCUT2D eigenvalue weighted by Gasteiger charge is 2.68. The molecule has 0 radical (unpaired) electrons. The fourth-order valence-corrected chi connectivity index (χ4v) is 8.08. The monoisotopic (exact) mass is 642 g/mol. The SMILES string of the molecule is CO[Si](C[N+]1(CC(C)C)CCCC1)(OC)OC.O=S(=O)([N-]S(=O)(=O)C(F)(F)C(F)(F)F)C(F)(F)C(F)(F)F. The molecular weight excluding hydrogens is 614 g/mol. The lowest BCUT2D eigenvalue weighted by Crippen LogP contribution is -2.62. The average molecular weight is 643 g/mol. The number of quaternary nitrogens is 1. The van der Waals surface area contributed by atoms with E-state index in [4.69, 9.17) is 13.3 Å². The van der Waals surface area contributed by atoms with Crippen molar-refractivity contribution >= 4 is 28.9 Å². The lowest BCUT2D eigenvalue weighted by molar-refractivity contribution is -0.912. The van der Waals surface area contributed by atoms with Crippen LogP contribution in [0.2, 0.25) is 0 Å². The number of alkyl halides is 10. The van der Waals surface area contributed by atoms with E-state index >= 15 is 0 Å². The third-order valence-electron chi connectivity index (χ3n) is 5.23. The quantitative estimate of drug-likeness (QED) is 0.190. The maximum Gasteiger partial charge on any atom is 0.558 e. The standard InChI is InChI=1S/C12H28NO3Si.C4F10NO4S2/c1-12(2)10-13(8-6-7-9-13)11-17(14-3,15-4)16-5;5-1(6,7)3(11,12)20(16,17)15-21(18,19)4(13,14)2(8,9)10/h12H,6-11H2,1-5H3;/q+1;-1. The van der Waals surface area contributed by atoms with Crippen LogP contribution >= 0.6 is 0 Å². The number of likely N-dealkylation sites (tertiary alicyclic amines) is 1. The van der Waals surface area contributed by atoms with Gasteiger partial charge in [-0.25, -0.2) is 16.8 Å². The highest BCUT2D eigenvalue weighted by molar-refractivity contribution is 8.13. The molecule has 1 fully saturated rings. The first-order chi connectivity index (χ1) is 16.7. The van der Waals surface area contributed by atoms with E-state index in [0.29, 0.717) is 10.0 Å². The number of halogens is 10. The minimum Gasteiger partial charge on any atom is -0.425 e. The van der Waals surface area contributed by atoms with E-state index in [0.717, 1.165) is 10.7 Å². The molecule has 1 rings (SSSR count). The van der Waals surface area contributed by atoms with E-state index in [1.54, 1.807) is 21.3 Å². The minimum atomic E-state index is -7.62. The van der Waals surface area contributed by atoms with Crippen molar-refractivity contribution in [3.63, 3.8) is 0 Å². The van der Waals surface area contributed by atoms with Gasteiger partial charge in [0.15, 0.2) is 20.0 Å². The second kappa shape index (κ2) is 12.4. The Hall–Kier alpha value is -0.783. The Bertz CT molecular complexity index is 917.